The zero-order valence-electron chi connectivity index (χ0n) is 15.4. The van der Waals surface area contributed by atoms with Crippen LogP contribution in [0.2, 0.25) is 0 Å². The molecule has 0 fully saturated rings. The summed E-state index contributed by atoms with van der Waals surface area (Å²) in [5.41, 5.74) is 3.12. The molecule has 0 amide bonds. The normalized spacial score (nSPS) is 12.0. The first-order valence-corrected chi connectivity index (χ1v) is 8.25. The number of hydrogen-bond acceptors (Lipinski definition) is 6. The summed E-state index contributed by atoms with van der Waals surface area (Å²) >= 11 is 0. The van der Waals surface area contributed by atoms with E-state index in [0.29, 0.717) is 11.4 Å². The molecule has 7 nitrogen and oxygen atoms in total. The van der Waals surface area contributed by atoms with Gasteiger partial charge in [-0.3, -0.25) is 0 Å². The molecule has 2 aromatic heterocycles. The molecule has 0 aliphatic heterocycles. The summed E-state index contributed by atoms with van der Waals surface area (Å²) in [6, 6.07) is 9.47. The van der Waals surface area contributed by atoms with Crippen LogP contribution in [0.4, 0.5) is 0 Å². The maximum Gasteiger partial charge on any atom is 0.340 e. The van der Waals surface area contributed by atoms with Crippen molar-refractivity contribution in [2.45, 2.75) is 33.8 Å². The molecule has 0 aliphatic carbocycles. The summed E-state index contributed by atoms with van der Waals surface area (Å²) in [5, 5.41) is 3.72. The van der Waals surface area contributed by atoms with E-state index in [2.05, 4.69) is 10.1 Å². The predicted octanol–water partition coefficient (Wildman–Crippen LogP) is 3.71. The largest absolute Gasteiger partial charge is 0.497 e. The fourth-order valence-electron chi connectivity index (χ4n) is 2.87. The van der Waals surface area contributed by atoms with E-state index in [0.717, 1.165) is 22.8 Å². The Morgan fingerprint density at radius 2 is 2.00 bits per heavy atom. The molecule has 1 atom stereocenters. The molecule has 2 heterocycles. The highest BCUT2D eigenvalue weighted by molar-refractivity contribution is 5.91. The molecule has 136 valence electrons. The van der Waals surface area contributed by atoms with E-state index in [9.17, 15) is 4.79 Å². The number of carbonyl (C=O) groups is 1. The predicted molar refractivity (Wildman–Crippen MR) is 94.7 cm³/mol. The van der Waals surface area contributed by atoms with Gasteiger partial charge in [0.05, 0.1) is 12.7 Å². The topological polar surface area (TPSA) is 79.4 Å². The standard InChI is InChI=1S/C19H21N3O4/c1-11-9-17(19(23)25-13(3)18-20-14(4)21-26-18)12(2)22(11)15-7-6-8-16(10-15)24-5/h6-10,13H,1-5H3/t13-/m0/s1. The van der Waals surface area contributed by atoms with E-state index in [4.69, 9.17) is 14.0 Å². The summed E-state index contributed by atoms with van der Waals surface area (Å²) in [4.78, 5) is 16.7. The lowest BCUT2D eigenvalue weighted by molar-refractivity contribution is 0.0264. The van der Waals surface area contributed by atoms with Crippen LogP contribution in [-0.2, 0) is 4.74 Å². The molecule has 3 rings (SSSR count). The molecule has 0 spiro atoms. The number of nitrogens with zero attached hydrogens (tertiary/aromatic N) is 3. The van der Waals surface area contributed by atoms with Crippen LogP contribution in [0.5, 0.6) is 5.75 Å². The Morgan fingerprint density at radius 3 is 2.65 bits per heavy atom. The van der Waals surface area contributed by atoms with E-state index in [1.165, 1.54) is 0 Å². The van der Waals surface area contributed by atoms with Crippen molar-refractivity contribution in [3.63, 3.8) is 0 Å². The van der Waals surface area contributed by atoms with Gasteiger partial charge in [0.15, 0.2) is 11.9 Å². The van der Waals surface area contributed by atoms with Gasteiger partial charge in [-0.05, 0) is 45.9 Å². The minimum atomic E-state index is -0.622. The Hall–Kier alpha value is -3.09. The van der Waals surface area contributed by atoms with Gasteiger partial charge >= 0.3 is 5.97 Å². The number of ether oxygens (including phenoxy) is 2. The van der Waals surface area contributed by atoms with Gasteiger partial charge in [-0.15, -0.1) is 0 Å². The summed E-state index contributed by atoms with van der Waals surface area (Å²) in [7, 11) is 1.62. The lowest BCUT2D eigenvalue weighted by Crippen LogP contribution is -2.11. The fraction of sp³-hybridized carbons (Fsp3) is 0.316. The second-order valence-electron chi connectivity index (χ2n) is 6.05. The van der Waals surface area contributed by atoms with Crippen molar-refractivity contribution in [2.75, 3.05) is 7.11 Å². The van der Waals surface area contributed by atoms with Crippen molar-refractivity contribution in [3.8, 4) is 11.4 Å². The Balaban J connectivity index is 1.88. The molecule has 0 N–H and O–H groups in total. The second-order valence-corrected chi connectivity index (χ2v) is 6.05. The van der Waals surface area contributed by atoms with E-state index in [1.807, 2.05) is 48.7 Å². The van der Waals surface area contributed by atoms with Crippen LogP contribution >= 0.6 is 0 Å². The van der Waals surface area contributed by atoms with Crippen LogP contribution in [0.15, 0.2) is 34.9 Å². The number of esters is 1. The minimum Gasteiger partial charge on any atom is -0.497 e. The van der Waals surface area contributed by atoms with E-state index in [-0.39, 0.29) is 5.89 Å². The molecule has 0 saturated heterocycles. The average molecular weight is 355 g/mol. The van der Waals surface area contributed by atoms with Crippen molar-refractivity contribution in [1.82, 2.24) is 14.7 Å². The average Bonchev–Trinajstić information content (AvgIpc) is 3.18. The fourth-order valence-corrected chi connectivity index (χ4v) is 2.87. The molecule has 7 heteroatoms. The molecular weight excluding hydrogens is 334 g/mol. The summed E-state index contributed by atoms with van der Waals surface area (Å²) in [6.45, 7) is 7.23. The highest BCUT2D eigenvalue weighted by Gasteiger charge is 2.23. The van der Waals surface area contributed by atoms with E-state index < -0.39 is 12.1 Å². The van der Waals surface area contributed by atoms with Gasteiger partial charge in [0.25, 0.3) is 5.89 Å². The molecule has 3 aromatic rings. The Morgan fingerprint density at radius 1 is 1.23 bits per heavy atom. The molecule has 0 unspecified atom stereocenters. The maximum atomic E-state index is 12.6. The van der Waals surface area contributed by atoms with Gasteiger partial charge in [-0.25, -0.2) is 4.79 Å². The monoisotopic (exact) mass is 355 g/mol. The first-order valence-electron chi connectivity index (χ1n) is 8.25. The first-order chi connectivity index (χ1) is 12.4. The molecule has 0 radical (unpaired) electrons. The Labute approximate surface area is 151 Å². The third-order valence-electron chi connectivity index (χ3n) is 4.14. The minimum absolute atomic E-state index is 0.275. The van der Waals surface area contributed by atoms with Crippen molar-refractivity contribution < 1.29 is 18.8 Å². The quantitative estimate of drug-likeness (QED) is 0.649. The molecule has 0 aliphatic rings. The maximum absolute atomic E-state index is 12.6. The summed E-state index contributed by atoms with van der Waals surface area (Å²) in [5.74, 6) is 1.09. The number of rotatable bonds is 5. The van der Waals surface area contributed by atoms with Gasteiger partial charge in [0.2, 0.25) is 0 Å². The smallest absolute Gasteiger partial charge is 0.340 e. The molecule has 0 bridgehead atoms. The number of hydrogen-bond donors (Lipinski definition) is 0. The van der Waals surface area contributed by atoms with Crippen LogP contribution in [0, 0.1) is 20.8 Å². The van der Waals surface area contributed by atoms with Gasteiger partial charge < -0.3 is 18.6 Å². The van der Waals surface area contributed by atoms with Crippen LogP contribution in [0.25, 0.3) is 5.69 Å². The zero-order valence-corrected chi connectivity index (χ0v) is 15.4. The number of aromatic nitrogens is 3. The molecular formula is C19H21N3O4. The first kappa shape index (κ1) is 17.7. The number of carbonyl (C=O) groups excluding carboxylic acids is 1. The van der Waals surface area contributed by atoms with Crippen LogP contribution in [0.3, 0.4) is 0 Å². The van der Waals surface area contributed by atoms with Crippen LogP contribution in [0.1, 0.15) is 46.5 Å². The SMILES string of the molecule is COc1cccc(-n2c(C)cc(C(=O)O[C@@H](C)c3nc(C)no3)c2C)c1. The zero-order chi connectivity index (χ0) is 18.8. The Kier molecular flexibility index (Phi) is 4.79. The summed E-state index contributed by atoms with van der Waals surface area (Å²) < 4.78 is 17.8. The lowest BCUT2D eigenvalue weighted by atomic mass is 10.2. The van der Waals surface area contributed by atoms with Crippen LogP contribution < -0.4 is 4.74 Å². The molecule has 1 aromatic carbocycles. The second kappa shape index (κ2) is 7.03. The van der Waals surface area contributed by atoms with E-state index in [1.54, 1.807) is 21.0 Å². The van der Waals surface area contributed by atoms with Gasteiger partial charge in [-0.2, -0.15) is 4.98 Å². The van der Waals surface area contributed by atoms with Crippen molar-refractivity contribution >= 4 is 5.97 Å². The molecule has 26 heavy (non-hydrogen) atoms. The van der Waals surface area contributed by atoms with Crippen molar-refractivity contribution in [1.29, 1.82) is 0 Å². The van der Waals surface area contributed by atoms with Gasteiger partial charge in [-0.1, -0.05) is 11.2 Å². The lowest BCUT2D eigenvalue weighted by Gasteiger charge is -2.12. The van der Waals surface area contributed by atoms with Crippen LogP contribution in [-0.4, -0.2) is 27.8 Å². The number of benzene rings is 1. The number of aryl methyl sites for hydroxylation is 2. The van der Waals surface area contributed by atoms with Gasteiger partial charge in [0, 0.05) is 23.1 Å². The number of methoxy groups -OCH3 is 1. The highest BCUT2D eigenvalue weighted by atomic mass is 16.6. The highest BCUT2D eigenvalue weighted by Crippen LogP contribution is 2.25. The third-order valence-corrected chi connectivity index (χ3v) is 4.14. The third kappa shape index (κ3) is 3.33. The molecule has 0 saturated carbocycles. The van der Waals surface area contributed by atoms with Crippen molar-refractivity contribution in [3.05, 3.63) is 59.0 Å². The van der Waals surface area contributed by atoms with E-state index >= 15 is 0 Å². The summed E-state index contributed by atoms with van der Waals surface area (Å²) in [6.07, 6.45) is -0.622. The Bertz CT molecular complexity index is 942. The van der Waals surface area contributed by atoms with Crippen molar-refractivity contribution in [2.24, 2.45) is 0 Å². The van der Waals surface area contributed by atoms with Gasteiger partial charge in [0.1, 0.15) is 5.75 Å².